The molecule has 1 aromatic heterocycles. The van der Waals surface area contributed by atoms with Gasteiger partial charge in [0.1, 0.15) is 0 Å². The number of hydrogen-bond acceptors (Lipinski definition) is 3. The number of nitrogens with zero attached hydrogens (tertiary/aromatic N) is 3. The molecule has 1 fully saturated rings. The predicted molar refractivity (Wildman–Crippen MR) is 63.0 cm³/mol. The standard InChI is InChI=1S/C6H12N2.C5H6N2/c1-3-8-5-4-7-6(8)2;1-2-7-4-3-6-5-7/h3,6-7H,1,4-5H2,2H3;2-5H,1H2. The molecule has 1 N–H and O–H groups in total. The van der Waals surface area contributed by atoms with E-state index in [0.717, 1.165) is 13.1 Å². The van der Waals surface area contributed by atoms with Gasteiger partial charge in [0, 0.05) is 31.7 Å². The van der Waals surface area contributed by atoms with Gasteiger partial charge in [0.25, 0.3) is 0 Å². The van der Waals surface area contributed by atoms with Gasteiger partial charge in [-0.1, -0.05) is 13.2 Å². The first-order valence-corrected chi connectivity index (χ1v) is 4.99. The largest absolute Gasteiger partial charge is 0.362 e. The summed E-state index contributed by atoms with van der Waals surface area (Å²) in [4.78, 5) is 5.97. The molecule has 2 heterocycles. The summed E-state index contributed by atoms with van der Waals surface area (Å²) in [6, 6.07) is 0. The van der Waals surface area contributed by atoms with Gasteiger partial charge in [-0.25, -0.2) is 4.98 Å². The Morgan fingerprint density at radius 1 is 1.47 bits per heavy atom. The van der Waals surface area contributed by atoms with Gasteiger partial charge in [0.15, 0.2) is 0 Å². The minimum Gasteiger partial charge on any atom is -0.362 e. The molecule has 1 saturated heterocycles. The first kappa shape index (κ1) is 11.5. The number of aromatic nitrogens is 2. The highest BCUT2D eigenvalue weighted by Crippen LogP contribution is 2.00. The molecule has 2 rings (SSSR count). The molecule has 0 aromatic carbocycles. The van der Waals surface area contributed by atoms with Gasteiger partial charge in [-0.3, -0.25) is 5.32 Å². The van der Waals surface area contributed by atoms with Crippen molar-refractivity contribution in [1.29, 1.82) is 0 Å². The van der Waals surface area contributed by atoms with Crippen LogP contribution >= 0.6 is 0 Å². The van der Waals surface area contributed by atoms with Gasteiger partial charge >= 0.3 is 0 Å². The lowest BCUT2D eigenvalue weighted by atomic mass is 10.5. The zero-order valence-electron chi connectivity index (χ0n) is 9.13. The highest BCUT2D eigenvalue weighted by molar-refractivity contribution is 5.14. The van der Waals surface area contributed by atoms with E-state index in [9.17, 15) is 0 Å². The second-order valence-electron chi connectivity index (χ2n) is 3.24. The quantitative estimate of drug-likeness (QED) is 0.793. The van der Waals surface area contributed by atoms with Crippen molar-refractivity contribution >= 4 is 6.20 Å². The second-order valence-corrected chi connectivity index (χ2v) is 3.24. The van der Waals surface area contributed by atoms with Gasteiger partial charge in [0.05, 0.1) is 12.5 Å². The summed E-state index contributed by atoms with van der Waals surface area (Å²) in [5.74, 6) is 0. The SMILES string of the molecule is C=CN1CCNC1C.C=Cn1ccnc1. The molecule has 0 bridgehead atoms. The second kappa shape index (κ2) is 6.03. The van der Waals surface area contributed by atoms with Gasteiger partial charge in [-0.15, -0.1) is 0 Å². The maximum atomic E-state index is 3.78. The van der Waals surface area contributed by atoms with E-state index >= 15 is 0 Å². The summed E-state index contributed by atoms with van der Waals surface area (Å²) >= 11 is 0. The molecule has 0 spiro atoms. The minimum atomic E-state index is 0.493. The van der Waals surface area contributed by atoms with Crippen molar-refractivity contribution in [2.45, 2.75) is 13.1 Å². The van der Waals surface area contributed by atoms with Crippen molar-refractivity contribution in [3.8, 4) is 0 Å². The fraction of sp³-hybridized carbons (Fsp3) is 0.364. The van der Waals surface area contributed by atoms with Crippen molar-refractivity contribution in [2.75, 3.05) is 13.1 Å². The van der Waals surface area contributed by atoms with Crippen LogP contribution in [-0.2, 0) is 0 Å². The molecule has 0 saturated carbocycles. The Bertz CT molecular complexity index is 292. The molecule has 4 heteroatoms. The molecule has 0 radical (unpaired) electrons. The first-order chi connectivity index (χ1) is 7.27. The van der Waals surface area contributed by atoms with Crippen LogP contribution in [-0.4, -0.2) is 33.7 Å². The van der Waals surface area contributed by atoms with E-state index in [1.807, 2.05) is 12.4 Å². The molecule has 0 amide bonds. The average Bonchev–Trinajstić information content (AvgIpc) is 2.88. The molecular formula is C11H18N4. The minimum absolute atomic E-state index is 0.493. The van der Waals surface area contributed by atoms with Gasteiger partial charge in [-0.05, 0) is 13.1 Å². The Morgan fingerprint density at radius 2 is 2.27 bits per heavy atom. The maximum absolute atomic E-state index is 3.78. The Morgan fingerprint density at radius 3 is 2.53 bits per heavy atom. The topological polar surface area (TPSA) is 33.1 Å². The van der Waals surface area contributed by atoms with E-state index in [4.69, 9.17) is 0 Å². The van der Waals surface area contributed by atoms with Crippen LogP contribution < -0.4 is 5.32 Å². The summed E-state index contributed by atoms with van der Waals surface area (Å²) in [7, 11) is 0. The first-order valence-electron chi connectivity index (χ1n) is 4.99. The lowest BCUT2D eigenvalue weighted by molar-refractivity contribution is 0.355. The van der Waals surface area contributed by atoms with Crippen molar-refractivity contribution < 1.29 is 0 Å². The predicted octanol–water partition coefficient (Wildman–Crippen LogP) is 1.36. The number of imidazole rings is 1. The molecular weight excluding hydrogens is 188 g/mol. The van der Waals surface area contributed by atoms with Crippen LogP contribution in [0.3, 0.4) is 0 Å². The summed E-state index contributed by atoms with van der Waals surface area (Å²) in [6.07, 6.45) is 9.28. The Hall–Kier alpha value is -1.55. The maximum Gasteiger partial charge on any atom is 0.0986 e. The van der Waals surface area contributed by atoms with E-state index in [1.54, 1.807) is 23.3 Å². The average molecular weight is 206 g/mol. The number of rotatable bonds is 2. The summed E-state index contributed by atoms with van der Waals surface area (Å²) in [5.41, 5.74) is 0. The monoisotopic (exact) mass is 206 g/mol. The number of hydrogen-bond donors (Lipinski definition) is 1. The smallest absolute Gasteiger partial charge is 0.0986 e. The van der Waals surface area contributed by atoms with E-state index in [1.165, 1.54) is 0 Å². The van der Waals surface area contributed by atoms with E-state index in [0.29, 0.717) is 6.17 Å². The lowest BCUT2D eigenvalue weighted by Crippen LogP contribution is -2.27. The molecule has 1 aliphatic heterocycles. The van der Waals surface area contributed by atoms with Crippen molar-refractivity contribution in [3.63, 3.8) is 0 Å². The Balaban J connectivity index is 0.000000151. The Labute approximate surface area is 90.9 Å². The van der Waals surface area contributed by atoms with Crippen LogP contribution in [0.1, 0.15) is 6.92 Å². The van der Waals surface area contributed by atoms with Gasteiger partial charge in [0.2, 0.25) is 0 Å². The van der Waals surface area contributed by atoms with Crippen LogP contribution in [0.15, 0.2) is 38.1 Å². The fourth-order valence-corrected chi connectivity index (χ4v) is 1.34. The molecule has 0 aliphatic carbocycles. The lowest BCUT2D eigenvalue weighted by Gasteiger charge is -2.16. The van der Waals surface area contributed by atoms with Crippen molar-refractivity contribution in [1.82, 2.24) is 19.8 Å². The normalized spacial score (nSPS) is 19.3. The van der Waals surface area contributed by atoms with Crippen LogP contribution in [0.25, 0.3) is 6.20 Å². The van der Waals surface area contributed by atoms with Crippen molar-refractivity contribution in [3.05, 3.63) is 38.1 Å². The number of nitrogens with one attached hydrogen (secondary N) is 1. The van der Waals surface area contributed by atoms with E-state index < -0.39 is 0 Å². The van der Waals surface area contributed by atoms with Crippen LogP contribution in [0.2, 0.25) is 0 Å². The van der Waals surface area contributed by atoms with Crippen molar-refractivity contribution in [2.24, 2.45) is 0 Å². The third-order valence-electron chi connectivity index (χ3n) is 2.28. The molecule has 1 aliphatic rings. The molecule has 15 heavy (non-hydrogen) atoms. The third kappa shape index (κ3) is 3.59. The van der Waals surface area contributed by atoms with Crippen LogP contribution in [0.5, 0.6) is 0 Å². The molecule has 1 aromatic rings. The Kier molecular flexibility index (Phi) is 4.63. The van der Waals surface area contributed by atoms with E-state index in [2.05, 4.69) is 35.3 Å². The van der Waals surface area contributed by atoms with E-state index in [-0.39, 0.29) is 0 Å². The van der Waals surface area contributed by atoms with Crippen LogP contribution in [0.4, 0.5) is 0 Å². The summed E-state index contributed by atoms with van der Waals surface area (Å²) < 4.78 is 1.78. The zero-order valence-corrected chi connectivity index (χ0v) is 9.13. The third-order valence-corrected chi connectivity index (χ3v) is 2.28. The summed E-state index contributed by atoms with van der Waals surface area (Å²) in [5, 5.41) is 3.28. The molecule has 82 valence electrons. The van der Waals surface area contributed by atoms with Gasteiger partial charge in [-0.2, -0.15) is 0 Å². The van der Waals surface area contributed by atoms with Gasteiger partial charge < -0.3 is 9.47 Å². The summed E-state index contributed by atoms with van der Waals surface area (Å²) in [6.45, 7) is 11.5. The fourth-order valence-electron chi connectivity index (χ4n) is 1.34. The highest BCUT2D eigenvalue weighted by Gasteiger charge is 2.13. The molecule has 4 nitrogen and oxygen atoms in total. The van der Waals surface area contributed by atoms with Crippen LogP contribution in [0, 0.1) is 0 Å². The zero-order chi connectivity index (χ0) is 11.1. The molecule has 1 unspecified atom stereocenters. The highest BCUT2D eigenvalue weighted by atomic mass is 15.3. The molecule has 1 atom stereocenters.